The number of rotatable bonds is 12. The van der Waals surface area contributed by atoms with Gasteiger partial charge in [-0.3, -0.25) is 0 Å². The van der Waals surface area contributed by atoms with Crippen LogP contribution in [0.5, 0.6) is 0 Å². The van der Waals surface area contributed by atoms with E-state index >= 15 is 0 Å². The average Bonchev–Trinajstić information content (AvgIpc) is 2.31. The zero-order valence-electron chi connectivity index (χ0n) is 11.6. The summed E-state index contributed by atoms with van der Waals surface area (Å²) in [4.78, 5) is 0. The molecule has 0 spiro atoms. The molecule has 16 heavy (non-hydrogen) atoms. The molecule has 0 aliphatic rings. The molecular formula is C15H33P. The van der Waals surface area contributed by atoms with E-state index in [0.29, 0.717) is 0 Å². The van der Waals surface area contributed by atoms with Gasteiger partial charge in [0, 0.05) is 0 Å². The summed E-state index contributed by atoms with van der Waals surface area (Å²) in [5, 5.41) is 0. The molecule has 0 nitrogen and oxygen atoms in total. The van der Waals surface area contributed by atoms with E-state index in [1.165, 1.54) is 76.8 Å². The molecule has 2 atom stereocenters. The molecule has 0 N–H and O–H groups in total. The predicted octanol–water partition coefficient (Wildman–Crippen LogP) is 5.81. The third kappa shape index (κ3) is 12.5. The molecular weight excluding hydrogens is 211 g/mol. The second-order valence-electron chi connectivity index (χ2n) is 5.31. The summed E-state index contributed by atoms with van der Waals surface area (Å²) < 4.78 is 0. The van der Waals surface area contributed by atoms with Crippen LogP contribution in [0.25, 0.3) is 0 Å². The van der Waals surface area contributed by atoms with E-state index < -0.39 is 0 Å². The van der Waals surface area contributed by atoms with Gasteiger partial charge in [0.15, 0.2) is 0 Å². The van der Waals surface area contributed by atoms with Crippen LogP contribution in [0.15, 0.2) is 0 Å². The maximum Gasteiger partial charge on any atom is -0.0355 e. The molecule has 0 fully saturated rings. The summed E-state index contributed by atoms with van der Waals surface area (Å²) in [5.41, 5.74) is 0. The van der Waals surface area contributed by atoms with Crippen LogP contribution in [-0.4, -0.2) is 6.16 Å². The van der Waals surface area contributed by atoms with Crippen molar-refractivity contribution in [3.05, 3.63) is 0 Å². The lowest BCUT2D eigenvalue weighted by atomic mass is 10.0. The molecule has 0 radical (unpaired) electrons. The normalized spacial score (nSPS) is 12.9. The fourth-order valence-corrected chi connectivity index (χ4v) is 2.33. The highest BCUT2D eigenvalue weighted by Gasteiger charge is 1.98. The first-order valence-electron chi connectivity index (χ1n) is 7.51. The van der Waals surface area contributed by atoms with Crippen molar-refractivity contribution in [1.82, 2.24) is 0 Å². The van der Waals surface area contributed by atoms with E-state index in [1.807, 2.05) is 0 Å². The highest BCUT2D eigenvalue weighted by atomic mass is 31.0. The lowest BCUT2D eigenvalue weighted by Crippen LogP contribution is -1.94. The third-order valence-corrected chi connectivity index (χ3v) is 4.26. The fraction of sp³-hybridized carbons (Fsp3) is 1.00. The molecule has 0 aromatic rings. The molecule has 0 saturated heterocycles. The molecule has 2 unspecified atom stereocenters. The number of hydrogen-bond acceptors (Lipinski definition) is 0. The monoisotopic (exact) mass is 244 g/mol. The van der Waals surface area contributed by atoms with E-state index in [4.69, 9.17) is 0 Å². The standard InChI is InChI=1S/C15H33P/c1-3-4-5-6-7-8-9-10-11-12-13-15(2)14-16/h15H,3-14,16H2,1-2H3. The zero-order chi connectivity index (χ0) is 12.1. The molecule has 0 aromatic heterocycles. The summed E-state index contributed by atoms with van der Waals surface area (Å²) in [5.74, 6) is 0.916. The van der Waals surface area contributed by atoms with Gasteiger partial charge in [0.2, 0.25) is 0 Å². The summed E-state index contributed by atoms with van der Waals surface area (Å²) in [6.07, 6.45) is 17.2. The Hall–Kier alpha value is 0.430. The molecule has 0 aromatic carbocycles. The molecule has 0 aliphatic carbocycles. The maximum absolute atomic E-state index is 2.85. The van der Waals surface area contributed by atoms with Crippen LogP contribution in [0, 0.1) is 5.92 Å². The maximum atomic E-state index is 2.85. The second-order valence-corrected chi connectivity index (χ2v) is 5.78. The van der Waals surface area contributed by atoms with Gasteiger partial charge in [0.1, 0.15) is 0 Å². The van der Waals surface area contributed by atoms with Crippen molar-refractivity contribution in [1.29, 1.82) is 0 Å². The van der Waals surface area contributed by atoms with Gasteiger partial charge in [0.05, 0.1) is 0 Å². The van der Waals surface area contributed by atoms with Gasteiger partial charge in [-0.1, -0.05) is 84.5 Å². The van der Waals surface area contributed by atoms with E-state index in [-0.39, 0.29) is 0 Å². The Bertz CT molecular complexity index is 123. The van der Waals surface area contributed by atoms with E-state index in [2.05, 4.69) is 23.1 Å². The van der Waals surface area contributed by atoms with Crippen molar-refractivity contribution in [2.45, 2.75) is 84.5 Å². The van der Waals surface area contributed by atoms with Crippen molar-refractivity contribution in [2.24, 2.45) is 5.92 Å². The highest BCUT2D eigenvalue weighted by Crippen LogP contribution is 2.14. The summed E-state index contributed by atoms with van der Waals surface area (Å²) in [6.45, 7) is 4.65. The van der Waals surface area contributed by atoms with Crippen LogP contribution in [-0.2, 0) is 0 Å². The van der Waals surface area contributed by atoms with Crippen molar-refractivity contribution < 1.29 is 0 Å². The summed E-state index contributed by atoms with van der Waals surface area (Å²) >= 11 is 0. The largest absolute Gasteiger partial charge is 0.137 e. The minimum absolute atomic E-state index is 0.916. The van der Waals surface area contributed by atoms with Gasteiger partial charge in [-0.25, -0.2) is 0 Å². The molecule has 1 heteroatoms. The Kier molecular flexibility index (Phi) is 13.9. The topological polar surface area (TPSA) is 0 Å². The summed E-state index contributed by atoms with van der Waals surface area (Å²) in [7, 11) is 2.85. The van der Waals surface area contributed by atoms with E-state index in [1.54, 1.807) is 0 Å². The molecule has 0 heterocycles. The van der Waals surface area contributed by atoms with Crippen molar-refractivity contribution in [3.8, 4) is 0 Å². The minimum atomic E-state index is 0.916. The van der Waals surface area contributed by atoms with Crippen LogP contribution in [0.2, 0.25) is 0 Å². The van der Waals surface area contributed by atoms with Crippen molar-refractivity contribution >= 4 is 9.24 Å². The first kappa shape index (κ1) is 16.4. The predicted molar refractivity (Wildman–Crippen MR) is 80.2 cm³/mol. The first-order valence-corrected chi connectivity index (χ1v) is 8.33. The molecule has 0 amide bonds. The van der Waals surface area contributed by atoms with Gasteiger partial charge >= 0.3 is 0 Å². The molecule has 0 aliphatic heterocycles. The Morgan fingerprint density at radius 1 is 0.750 bits per heavy atom. The van der Waals surface area contributed by atoms with Crippen LogP contribution in [0.4, 0.5) is 0 Å². The van der Waals surface area contributed by atoms with Crippen molar-refractivity contribution in [2.75, 3.05) is 6.16 Å². The molecule has 0 bridgehead atoms. The minimum Gasteiger partial charge on any atom is -0.137 e. The Balaban J connectivity index is 2.93. The van der Waals surface area contributed by atoms with E-state index in [9.17, 15) is 0 Å². The average molecular weight is 244 g/mol. The van der Waals surface area contributed by atoms with Gasteiger partial charge in [-0.2, -0.15) is 0 Å². The Morgan fingerprint density at radius 2 is 1.19 bits per heavy atom. The summed E-state index contributed by atoms with van der Waals surface area (Å²) in [6, 6.07) is 0. The SMILES string of the molecule is CCCCCCCCCCCCC(C)CP. The van der Waals surface area contributed by atoms with Gasteiger partial charge < -0.3 is 0 Å². The van der Waals surface area contributed by atoms with Crippen LogP contribution < -0.4 is 0 Å². The van der Waals surface area contributed by atoms with Crippen LogP contribution >= 0.6 is 9.24 Å². The first-order chi connectivity index (χ1) is 7.81. The van der Waals surface area contributed by atoms with Gasteiger partial charge in [-0.15, -0.1) is 9.24 Å². The molecule has 0 saturated carbocycles. The fourth-order valence-electron chi connectivity index (χ4n) is 2.10. The van der Waals surface area contributed by atoms with Crippen LogP contribution in [0.1, 0.15) is 84.5 Å². The molecule has 98 valence electrons. The number of unbranched alkanes of at least 4 members (excludes halogenated alkanes) is 9. The second kappa shape index (κ2) is 13.5. The zero-order valence-corrected chi connectivity index (χ0v) is 12.8. The third-order valence-electron chi connectivity index (χ3n) is 3.45. The highest BCUT2D eigenvalue weighted by molar-refractivity contribution is 7.16. The lowest BCUT2D eigenvalue weighted by molar-refractivity contribution is 0.509. The Labute approximate surface area is 106 Å². The number of hydrogen-bond donors (Lipinski definition) is 0. The quantitative estimate of drug-likeness (QED) is 0.300. The Morgan fingerprint density at radius 3 is 1.62 bits per heavy atom. The van der Waals surface area contributed by atoms with Gasteiger partial charge in [-0.05, 0) is 12.1 Å². The lowest BCUT2D eigenvalue weighted by Gasteiger charge is -2.07. The smallest absolute Gasteiger partial charge is 0.0355 e. The van der Waals surface area contributed by atoms with Crippen LogP contribution in [0.3, 0.4) is 0 Å². The van der Waals surface area contributed by atoms with Crippen molar-refractivity contribution in [3.63, 3.8) is 0 Å². The molecule has 0 rings (SSSR count). The van der Waals surface area contributed by atoms with Gasteiger partial charge in [0.25, 0.3) is 0 Å². The van der Waals surface area contributed by atoms with E-state index in [0.717, 1.165) is 5.92 Å².